The molecule has 3 aromatic rings. The second-order valence-corrected chi connectivity index (χ2v) is 5.80. The number of aryl methyl sites for hydroxylation is 1. The molecule has 0 saturated carbocycles. The predicted molar refractivity (Wildman–Crippen MR) is 85.4 cm³/mol. The van der Waals surface area contributed by atoms with Gasteiger partial charge in [-0.3, -0.25) is 4.79 Å². The largest absolute Gasteiger partial charge is 0.486 e. The van der Waals surface area contributed by atoms with Crippen molar-refractivity contribution in [1.29, 1.82) is 5.26 Å². The van der Waals surface area contributed by atoms with E-state index in [2.05, 4.69) is 15.2 Å². The van der Waals surface area contributed by atoms with Crippen LogP contribution in [-0.2, 0) is 4.79 Å². The Hall–Kier alpha value is -3.05. The van der Waals surface area contributed by atoms with Crippen LogP contribution < -0.4 is 4.74 Å². The SMILES string of the molecule is Cc1csc(C(C#N)C(=O)COc2ccc(-c3nnco3)cc2)n1. The van der Waals surface area contributed by atoms with E-state index in [1.165, 1.54) is 17.7 Å². The maximum absolute atomic E-state index is 12.2. The predicted octanol–water partition coefficient (Wildman–Crippen LogP) is 2.76. The number of thiazole rings is 1. The zero-order chi connectivity index (χ0) is 16.9. The normalized spacial score (nSPS) is 11.7. The molecule has 1 aromatic carbocycles. The van der Waals surface area contributed by atoms with E-state index >= 15 is 0 Å². The van der Waals surface area contributed by atoms with Gasteiger partial charge in [0.15, 0.2) is 11.7 Å². The third kappa shape index (κ3) is 3.47. The number of Topliss-reactive ketones (excluding diaryl/α,β-unsaturated/α-hetero) is 1. The molecule has 0 amide bonds. The number of hydrogen-bond acceptors (Lipinski definition) is 8. The highest BCUT2D eigenvalue weighted by molar-refractivity contribution is 7.09. The minimum absolute atomic E-state index is 0.198. The highest BCUT2D eigenvalue weighted by Crippen LogP contribution is 2.23. The molecule has 0 aliphatic rings. The Balaban J connectivity index is 1.62. The summed E-state index contributed by atoms with van der Waals surface area (Å²) in [5.41, 5.74) is 1.54. The molecule has 0 spiro atoms. The first kappa shape index (κ1) is 15.8. The average Bonchev–Trinajstić information content (AvgIpc) is 3.26. The number of ketones is 1. The Morgan fingerprint density at radius 3 is 2.79 bits per heavy atom. The Morgan fingerprint density at radius 2 is 2.21 bits per heavy atom. The van der Waals surface area contributed by atoms with Crippen molar-refractivity contribution in [2.45, 2.75) is 12.8 Å². The molecule has 0 radical (unpaired) electrons. The number of rotatable bonds is 6. The zero-order valence-corrected chi connectivity index (χ0v) is 13.5. The maximum atomic E-state index is 12.2. The smallest absolute Gasteiger partial charge is 0.247 e. The number of carbonyl (C=O) groups is 1. The van der Waals surface area contributed by atoms with Gasteiger partial charge < -0.3 is 9.15 Å². The summed E-state index contributed by atoms with van der Waals surface area (Å²) in [6.07, 6.45) is 1.25. The highest BCUT2D eigenvalue weighted by atomic mass is 32.1. The van der Waals surface area contributed by atoms with Crippen LogP contribution in [0.2, 0.25) is 0 Å². The van der Waals surface area contributed by atoms with E-state index in [4.69, 9.17) is 9.15 Å². The van der Waals surface area contributed by atoms with Gasteiger partial charge in [-0.15, -0.1) is 21.5 Å². The molecule has 0 fully saturated rings. The molecule has 120 valence electrons. The molecule has 2 aromatic heterocycles. The lowest BCUT2D eigenvalue weighted by atomic mass is 10.1. The van der Waals surface area contributed by atoms with Crippen molar-refractivity contribution in [1.82, 2.24) is 15.2 Å². The molecule has 8 heteroatoms. The van der Waals surface area contributed by atoms with Crippen molar-refractivity contribution in [3.8, 4) is 23.3 Å². The average molecular weight is 340 g/mol. The lowest BCUT2D eigenvalue weighted by Gasteiger charge is -2.08. The van der Waals surface area contributed by atoms with Crippen LogP contribution in [-0.4, -0.2) is 27.6 Å². The quantitative estimate of drug-likeness (QED) is 0.680. The first-order chi connectivity index (χ1) is 11.7. The van der Waals surface area contributed by atoms with Crippen LogP contribution in [0.5, 0.6) is 5.75 Å². The molecule has 0 saturated heterocycles. The van der Waals surface area contributed by atoms with Gasteiger partial charge in [0, 0.05) is 16.6 Å². The molecule has 1 atom stereocenters. The van der Waals surface area contributed by atoms with Crippen LogP contribution in [0.3, 0.4) is 0 Å². The molecule has 0 aliphatic heterocycles. The molecule has 7 nitrogen and oxygen atoms in total. The van der Waals surface area contributed by atoms with Gasteiger partial charge in [0.2, 0.25) is 12.3 Å². The van der Waals surface area contributed by atoms with Gasteiger partial charge in [0.25, 0.3) is 0 Å². The molecule has 0 N–H and O–H groups in total. The Bertz CT molecular complexity index is 866. The third-order valence-corrected chi connectivity index (χ3v) is 4.20. The van der Waals surface area contributed by atoms with E-state index in [0.717, 1.165) is 11.3 Å². The van der Waals surface area contributed by atoms with E-state index in [0.29, 0.717) is 16.6 Å². The van der Waals surface area contributed by atoms with E-state index < -0.39 is 5.92 Å². The molecular formula is C16H12N4O3S. The first-order valence-corrected chi connectivity index (χ1v) is 7.89. The van der Waals surface area contributed by atoms with E-state index in [1.807, 2.05) is 18.4 Å². The van der Waals surface area contributed by atoms with E-state index in [1.54, 1.807) is 24.3 Å². The van der Waals surface area contributed by atoms with Gasteiger partial charge >= 0.3 is 0 Å². The molecule has 2 heterocycles. The fraction of sp³-hybridized carbons (Fsp3) is 0.188. The topological polar surface area (TPSA) is 102 Å². The molecule has 24 heavy (non-hydrogen) atoms. The zero-order valence-electron chi connectivity index (χ0n) is 12.7. The monoisotopic (exact) mass is 340 g/mol. The van der Waals surface area contributed by atoms with Crippen molar-refractivity contribution in [2.24, 2.45) is 0 Å². The number of aromatic nitrogens is 3. The van der Waals surface area contributed by atoms with Gasteiger partial charge in [0.05, 0.1) is 6.07 Å². The van der Waals surface area contributed by atoms with E-state index in [-0.39, 0.29) is 12.4 Å². The van der Waals surface area contributed by atoms with Gasteiger partial charge in [-0.05, 0) is 31.2 Å². The molecule has 0 bridgehead atoms. The lowest BCUT2D eigenvalue weighted by molar-refractivity contribution is -0.121. The number of carbonyl (C=O) groups excluding carboxylic acids is 1. The van der Waals surface area contributed by atoms with Crippen LogP contribution in [0.15, 0.2) is 40.5 Å². The van der Waals surface area contributed by atoms with Gasteiger partial charge in [-0.1, -0.05) is 0 Å². The number of ether oxygens (including phenoxy) is 1. The highest BCUT2D eigenvalue weighted by Gasteiger charge is 2.23. The Labute approximate surface area is 141 Å². The van der Waals surface area contributed by atoms with Gasteiger partial charge in [-0.25, -0.2) is 4.98 Å². The molecule has 0 aliphatic carbocycles. The van der Waals surface area contributed by atoms with Crippen LogP contribution in [0.25, 0.3) is 11.5 Å². The molecular weight excluding hydrogens is 328 g/mol. The summed E-state index contributed by atoms with van der Waals surface area (Å²) < 4.78 is 10.6. The standard InChI is InChI=1S/C16H12N4O3S/c1-10-8-24-16(19-10)13(6-17)14(21)7-22-12-4-2-11(3-5-12)15-20-18-9-23-15/h2-5,8-9,13H,7H2,1H3. The number of nitriles is 1. The summed E-state index contributed by atoms with van der Waals surface area (Å²) in [6, 6.07) is 8.88. The third-order valence-electron chi connectivity index (χ3n) is 3.18. The second-order valence-electron chi connectivity index (χ2n) is 4.91. The van der Waals surface area contributed by atoms with E-state index in [9.17, 15) is 10.1 Å². The summed E-state index contributed by atoms with van der Waals surface area (Å²) >= 11 is 1.30. The van der Waals surface area contributed by atoms with Crippen LogP contribution >= 0.6 is 11.3 Å². The van der Waals surface area contributed by atoms with Crippen molar-refractivity contribution in [2.75, 3.05) is 6.61 Å². The summed E-state index contributed by atoms with van der Waals surface area (Å²) in [5.74, 6) is -0.311. The summed E-state index contributed by atoms with van der Waals surface area (Å²) in [4.78, 5) is 16.4. The minimum Gasteiger partial charge on any atom is -0.486 e. The van der Waals surface area contributed by atoms with Gasteiger partial charge in [-0.2, -0.15) is 5.26 Å². The fourth-order valence-electron chi connectivity index (χ4n) is 2.00. The second kappa shape index (κ2) is 7.02. The maximum Gasteiger partial charge on any atom is 0.247 e. The summed E-state index contributed by atoms with van der Waals surface area (Å²) in [7, 11) is 0. The lowest BCUT2D eigenvalue weighted by Crippen LogP contribution is -2.19. The minimum atomic E-state index is -0.902. The van der Waals surface area contributed by atoms with Crippen LogP contribution in [0.4, 0.5) is 0 Å². The fourth-order valence-corrected chi connectivity index (χ4v) is 2.86. The van der Waals surface area contributed by atoms with Crippen molar-refractivity contribution < 1.29 is 13.9 Å². The number of nitrogens with zero attached hydrogens (tertiary/aromatic N) is 4. The van der Waals surface area contributed by atoms with Gasteiger partial charge in [0.1, 0.15) is 17.4 Å². The summed E-state index contributed by atoms with van der Waals surface area (Å²) in [6.45, 7) is 1.62. The molecule has 3 rings (SSSR count). The summed E-state index contributed by atoms with van der Waals surface area (Å²) in [5, 5.41) is 18.9. The van der Waals surface area contributed by atoms with Crippen molar-refractivity contribution in [3.05, 3.63) is 46.7 Å². The van der Waals surface area contributed by atoms with Crippen molar-refractivity contribution in [3.63, 3.8) is 0 Å². The number of hydrogen-bond donors (Lipinski definition) is 0. The van der Waals surface area contributed by atoms with Crippen LogP contribution in [0.1, 0.15) is 16.6 Å². The Morgan fingerprint density at radius 1 is 1.42 bits per heavy atom. The Kier molecular flexibility index (Phi) is 4.63. The molecule has 1 unspecified atom stereocenters. The number of benzene rings is 1. The van der Waals surface area contributed by atoms with Crippen LogP contribution in [0, 0.1) is 18.3 Å². The first-order valence-electron chi connectivity index (χ1n) is 7.01. The van der Waals surface area contributed by atoms with Crippen molar-refractivity contribution >= 4 is 17.1 Å².